The van der Waals surface area contributed by atoms with E-state index in [0.717, 1.165) is 18.4 Å². The van der Waals surface area contributed by atoms with Gasteiger partial charge in [0.2, 0.25) is 5.91 Å². The average molecular weight is 298 g/mol. The van der Waals surface area contributed by atoms with Gasteiger partial charge in [0, 0.05) is 6.04 Å². The lowest BCUT2D eigenvalue weighted by atomic mass is 10.1. The normalized spacial score (nSPS) is 13.4. The Morgan fingerprint density at radius 1 is 1.30 bits per heavy atom. The van der Waals surface area contributed by atoms with Gasteiger partial charge in [0.15, 0.2) is 11.5 Å². The number of benzene rings is 1. The number of halogens is 1. The van der Waals surface area contributed by atoms with E-state index in [2.05, 4.69) is 19.2 Å². The van der Waals surface area contributed by atoms with E-state index in [1.54, 1.807) is 6.07 Å². The lowest BCUT2D eigenvalue weighted by Crippen LogP contribution is -2.34. The van der Waals surface area contributed by atoms with Crippen molar-refractivity contribution in [2.24, 2.45) is 0 Å². The highest BCUT2D eigenvalue weighted by Gasteiger charge is 2.18. The first kappa shape index (κ1) is 15.0. The van der Waals surface area contributed by atoms with Crippen LogP contribution < -0.4 is 14.8 Å². The topological polar surface area (TPSA) is 47.6 Å². The maximum absolute atomic E-state index is 12.0. The quantitative estimate of drug-likeness (QED) is 0.909. The van der Waals surface area contributed by atoms with Gasteiger partial charge < -0.3 is 14.8 Å². The summed E-state index contributed by atoms with van der Waals surface area (Å²) in [7, 11) is 0. The number of rotatable bonds is 5. The predicted octanol–water partition coefficient (Wildman–Crippen LogP) is 2.96. The summed E-state index contributed by atoms with van der Waals surface area (Å²) in [6.45, 7) is 5.14. The van der Waals surface area contributed by atoms with Crippen LogP contribution in [0.15, 0.2) is 12.1 Å². The van der Waals surface area contributed by atoms with Crippen LogP contribution in [0.25, 0.3) is 0 Å². The minimum Gasteiger partial charge on any atom is -0.486 e. The molecule has 1 aliphatic rings. The van der Waals surface area contributed by atoms with Gasteiger partial charge in [-0.2, -0.15) is 0 Å². The maximum atomic E-state index is 12.0. The van der Waals surface area contributed by atoms with Crippen LogP contribution in [0.3, 0.4) is 0 Å². The van der Waals surface area contributed by atoms with Crippen LogP contribution in [-0.2, 0) is 11.2 Å². The minimum atomic E-state index is 0.00597. The fourth-order valence-electron chi connectivity index (χ4n) is 2.22. The van der Waals surface area contributed by atoms with Crippen LogP contribution in [0.1, 0.15) is 32.3 Å². The number of hydrogen-bond donors (Lipinski definition) is 1. The number of nitrogens with one attached hydrogen (secondary N) is 1. The molecule has 1 heterocycles. The van der Waals surface area contributed by atoms with E-state index in [0.29, 0.717) is 36.2 Å². The van der Waals surface area contributed by atoms with Crippen molar-refractivity contribution in [2.75, 3.05) is 13.2 Å². The molecule has 1 aromatic rings. The minimum absolute atomic E-state index is 0.00597. The molecule has 0 spiro atoms. The summed E-state index contributed by atoms with van der Waals surface area (Å²) in [6.07, 6.45) is 2.17. The smallest absolute Gasteiger partial charge is 0.224 e. The predicted molar refractivity (Wildman–Crippen MR) is 78.7 cm³/mol. The molecular formula is C15H20ClNO3. The van der Waals surface area contributed by atoms with Crippen LogP contribution in [0, 0.1) is 0 Å². The molecule has 0 aromatic heterocycles. The summed E-state index contributed by atoms with van der Waals surface area (Å²) in [6, 6.07) is 3.82. The first-order valence-electron chi connectivity index (χ1n) is 7.01. The van der Waals surface area contributed by atoms with Crippen LogP contribution >= 0.6 is 11.6 Å². The Hall–Kier alpha value is -1.42. The zero-order chi connectivity index (χ0) is 14.5. The van der Waals surface area contributed by atoms with Crippen molar-refractivity contribution in [1.82, 2.24) is 5.32 Å². The second-order valence-corrected chi connectivity index (χ2v) is 5.27. The molecule has 1 N–H and O–H groups in total. The summed E-state index contributed by atoms with van der Waals surface area (Å²) in [4.78, 5) is 12.0. The maximum Gasteiger partial charge on any atom is 0.224 e. The van der Waals surface area contributed by atoms with Gasteiger partial charge in [0.1, 0.15) is 13.2 Å². The number of fused-ring (bicyclic) bond motifs is 1. The van der Waals surface area contributed by atoms with E-state index >= 15 is 0 Å². The molecule has 5 heteroatoms. The molecule has 0 bridgehead atoms. The molecule has 0 saturated carbocycles. The van der Waals surface area contributed by atoms with Crippen molar-refractivity contribution in [1.29, 1.82) is 0 Å². The third-order valence-electron chi connectivity index (χ3n) is 3.37. The fraction of sp³-hybridized carbons (Fsp3) is 0.533. The van der Waals surface area contributed by atoms with Gasteiger partial charge in [0.25, 0.3) is 0 Å². The number of ether oxygens (including phenoxy) is 2. The van der Waals surface area contributed by atoms with Gasteiger partial charge in [-0.25, -0.2) is 0 Å². The van der Waals surface area contributed by atoms with Crippen molar-refractivity contribution >= 4 is 17.5 Å². The zero-order valence-electron chi connectivity index (χ0n) is 11.9. The van der Waals surface area contributed by atoms with Crippen molar-refractivity contribution in [3.8, 4) is 11.5 Å². The van der Waals surface area contributed by atoms with Gasteiger partial charge >= 0.3 is 0 Å². The molecule has 0 fully saturated rings. The highest BCUT2D eigenvalue weighted by molar-refractivity contribution is 6.32. The van der Waals surface area contributed by atoms with E-state index in [1.807, 2.05) is 6.07 Å². The Bertz CT molecular complexity index is 486. The number of amides is 1. The Labute approximate surface area is 124 Å². The van der Waals surface area contributed by atoms with Gasteiger partial charge in [-0.05, 0) is 30.5 Å². The van der Waals surface area contributed by atoms with Gasteiger partial charge in [0.05, 0.1) is 11.4 Å². The molecule has 1 aliphatic heterocycles. The van der Waals surface area contributed by atoms with E-state index < -0.39 is 0 Å². The van der Waals surface area contributed by atoms with Crippen LogP contribution in [0.4, 0.5) is 0 Å². The van der Waals surface area contributed by atoms with E-state index in [1.165, 1.54) is 0 Å². The summed E-state index contributed by atoms with van der Waals surface area (Å²) in [5, 5.41) is 3.50. The Morgan fingerprint density at radius 2 is 2.00 bits per heavy atom. The first-order chi connectivity index (χ1) is 9.63. The molecule has 1 aromatic carbocycles. The molecule has 0 unspecified atom stereocenters. The van der Waals surface area contributed by atoms with Gasteiger partial charge in [-0.1, -0.05) is 25.4 Å². The molecule has 0 saturated heterocycles. The molecule has 1 amide bonds. The Morgan fingerprint density at radius 3 is 2.70 bits per heavy atom. The first-order valence-corrected chi connectivity index (χ1v) is 7.39. The summed E-state index contributed by atoms with van der Waals surface area (Å²) >= 11 is 6.15. The van der Waals surface area contributed by atoms with Crippen molar-refractivity contribution in [3.05, 3.63) is 22.7 Å². The van der Waals surface area contributed by atoms with Crippen molar-refractivity contribution in [3.63, 3.8) is 0 Å². The van der Waals surface area contributed by atoms with Crippen molar-refractivity contribution < 1.29 is 14.3 Å². The van der Waals surface area contributed by atoms with E-state index in [9.17, 15) is 4.79 Å². The third kappa shape index (κ3) is 3.57. The summed E-state index contributed by atoms with van der Waals surface area (Å²) in [5.41, 5.74) is 0.836. The van der Waals surface area contributed by atoms with Crippen LogP contribution in [0.5, 0.6) is 11.5 Å². The molecule has 0 atom stereocenters. The second-order valence-electron chi connectivity index (χ2n) is 4.86. The van der Waals surface area contributed by atoms with Crippen LogP contribution in [-0.4, -0.2) is 25.2 Å². The molecule has 2 rings (SSSR count). The molecule has 110 valence electrons. The SMILES string of the molecule is CCC(CC)NC(=O)Cc1cc(Cl)c2c(c1)OCCO2. The highest BCUT2D eigenvalue weighted by atomic mass is 35.5. The van der Waals surface area contributed by atoms with Crippen LogP contribution in [0.2, 0.25) is 5.02 Å². The summed E-state index contributed by atoms with van der Waals surface area (Å²) in [5.74, 6) is 1.20. The molecule has 4 nitrogen and oxygen atoms in total. The second kappa shape index (κ2) is 6.84. The Balaban J connectivity index is 2.06. The lowest BCUT2D eigenvalue weighted by Gasteiger charge is -2.20. The lowest BCUT2D eigenvalue weighted by molar-refractivity contribution is -0.121. The van der Waals surface area contributed by atoms with Crippen molar-refractivity contribution in [2.45, 2.75) is 39.2 Å². The standard InChI is InChI=1S/C15H20ClNO3/c1-3-11(4-2)17-14(18)9-10-7-12(16)15-13(8-10)19-5-6-20-15/h7-8,11H,3-6,9H2,1-2H3,(H,17,18). The number of carbonyl (C=O) groups excluding carboxylic acids is 1. The largest absolute Gasteiger partial charge is 0.486 e. The summed E-state index contributed by atoms with van der Waals surface area (Å²) < 4.78 is 11.0. The molecule has 0 radical (unpaired) electrons. The molecule has 20 heavy (non-hydrogen) atoms. The number of carbonyl (C=O) groups is 1. The number of hydrogen-bond acceptors (Lipinski definition) is 3. The van der Waals surface area contributed by atoms with E-state index in [-0.39, 0.29) is 11.9 Å². The van der Waals surface area contributed by atoms with Gasteiger partial charge in [-0.15, -0.1) is 0 Å². The van der Waals surface area contributed by atoms with Gasteiger partial charge in [-0.3, -0.25) is 4.79 Å². The Kier molecular flexibility index (Phi) is 5.12. The molecular weight excluding hydrogens is 278 g/mol. The zero-order valence-corrected chi connectivity index (χ0v) is 12.6. The van der Waals surface area contributed by atoms with E-state index in [4.69, 9.17) is 21.1 Å². The third-order valence-corrected chi connectivity index (χ3v) is 3.65. The highest BCUT2D eigenvalue weighted by Crippen LogP contribution is 2.38. The fourth-order valence-corrected chi connectivity index (χ4v) is 2.51. The average Bonchev–Trinajstić information content (AvgIpc) is 2.44. The monoisotopic (exact) mass is 297 g/mol. The molecule has 0 aliphatic carbocycles.